The van der Waals surface area contributed by atoms with Gasteiger partial charge in [-0.05, 0) is 36.8 Å². The molecular formula is C34H40N4O3. The van der Waals surface area contributed by atoms with Crippen LogP contribution in [-0.4, -0.2) is 31.0 Å². The Balaban J connectivity index is 1.57. The second-order valence-electron chi connectivity index (χ2n) is 11.2. The van der Waals surface area contributed by atoms with Crippen molar-refractivity contribution in [3.05, 3.63) is 100 Å². The molecule has 0 atom stereocenters. The normalized spacial score (nSPS) is 14.0. The average Bonchev–Trinajstić information content (AvgIpc) is 3.35. The smallest absolute Gasteiger partial charge is 0.310 e. The molecule has 1 N–H and O–H groups in total. The number of unbranched alkanes of at least 4 members (excludes halogenated alkanes) is 1. The van der Waals surface area contributed by atoms with Crippen molar-refractivity contribution in [2.45, 2.75) is 71.5 Å². The molecule has 7 nitrogen and oxygen atoms in total. The van der Waals surface area contributed by atoms with Gasteiger partial charge in [-0.3, -0.25) is 15.0 Å². The summed E-state index contributed by atoms with van der Waals surface area (Å²) in [5.74, 6) is 1.31. The standard InChI is InChI=1S/C34H40N4O3/c1-2-3-21-37-31(33(28-15-9-5-10-16-28)35-34(37)29-17-11-6-12-18-29)25-36(23-26-13-7-4-8-14-26)24-27-19-20-30(38(40)41)32(39)22-27/h5-6,9-12,15-20,22,26,39H,2-4,7-8,13-14,21,23-25H2,1H3. The van der Waals surface area contributed by atoms with Crippen LogP contribution in [-0.2, 0) is 19.6 Å². The number of aromatic nitrogens is 2. The molecule has 3 aromatic carbocycles. The zero-order valence-electron chi connectivity index (χ0n) is 23.9. The largest absolute Gasteiger partial charge is 0.502 e. The van der Waals surface area contributed by atoms with Crippen LogP contribution in [0.1, 0.15) is 63.1 Å². The van der Waals surface area contributed by atoms with E-state index in [0.29, 0.717) is 19.0 Å². The fraction of sp³-hybridized carbons (Fsp3) is 0.382. The van der Waals surface area contributed by atoms with E-state index < -0.39 is 4.92 Å². The summed E-state index contributed by atoms with van der Waals surface area (Å²) < 4.78 is 2.41. The van der Waals surface area contributed by atoms with Crippen molar-refractivity contribution in [1.82, 2.24) is 14.5 Å². The van der Waals surface area contributed by atoms with Crippen molar-refractivity contribution < 1.29 is 10.0 Å². The number of nitro benzene ring substituents is 1. The number of rotatable bonds is 12. The highest BCUT2D eigenvalue weighted by Crippen LogP contribution is 2.33. The van der Waals surface area contributed by atoms with E-state index in [1.807, 2.05) is 12.1 Å². The average molecular weight is 553 g/mol. The summed E-state index contributed by atoms with van der Waals surface area (Å²) in [6.07, 6.45) is 8.40. The maximum Gasteiger partial charge on any atom is 0.310 e. The van der Waals surface area contributed by atoms with E-state index in [2.05, 4.69) is 64.9 Å². The first kappa shape index (κ1) is 28.6. The summed E-state index contributed by atoms with van der Waals surface area (Å²) in [4.78, 5) is 18.5. The Kier molecular flexibility index (Phi) is 9.47. The van der Waals surface area contributed by atoms with Gasteiger partial charge in [0.05, 0.1) is 16.3 Å². The van der Waals surface area contributed by atoms with Gasteiger partial charge in [0.2, 0.25) is 0 Å². The lowest BCUT2D eigenvalue weighted by molar-refractivity contribution is -0.385. The highest BCUT2D eigenvalue weighted by molar-refractivity contribution is 5.68. The first-order valence-corrected chi connectivity index (χ1v) is 14.9. The molecule has 0 spiro atoms. The molecule has 0 unspecified atom stereocenters. The fourth-order valence-corrected chi connectivity index (χ4v) is 6.05. The Labute approximate surface area is 242 Å². The second kappa shape index (κ2) is 13.6. The number of hydrogen-bond donors (Lipinski definition) is 1. The third kappa shape index (κ3) is 7.03. The molecule has 7 heteroatoms. The molecule has 0 bridgehead atoms. The molecule has 0 aliphatic heterocycles. The number of phenols is 1. The SMILES string of the molecule is CCCCn1c(-c2ccccc2)nc(-c2ccccc2)c1CN(Cc1ccc([N+](=O)[O-])c(O)c1)CC1CCCCC1. The quantitative estimate of drug-likeness (QED) is 0.141. The van der Waals surface area contributed by atoms with E-state index >= 15 is 0 Å². The second-order valence-corrected chi connectivity index (χ2v) is 11.2. The van der Waals surface area contributed by atoms with Crippen molar-refractivity contribution in [3.63, 3.8) is 0 Å². The molecule has 1 saturated carbocycles. The number of benzene rings is 3. The van der Waals surface area contributed by atoms with Gasteiger partial charge in [-0.25, -0.2) is 4.98 Å². The third-order valence-electron chi connectivity index (χ3n) is 8.14. The summed E-state index contributed by atoms with van der Waals surface area (Å²) in [6.45, 7) is 5.32. The van der Waals surface area contributed by atoms with Gasteiger partial charge in [0.1, 0.15) is 5.82 Å². The molecule has 4 aromatic rings. The van der Waals surface area contributed by atoms with Gasteiger partial charge in [-0.15, -0.1) is 0 Å². The van der Waals surface area contributed by atoms with E-state index in [9.17, 15) is 15.2 Å². The van der Waals surface area contributed by atoms with Crippen LogP contribution in [0.5, 0.6) is 5.75 Å². The first-order valence-electron chi connectivity index (χ1n) is 14.9. The molecule has 41 heavy (non-hydrogen) atoms. The zero-order valence-corrected chi connectivity index (χ0v) is 23.9. The lowest BCUT2D eigenvalue weighted by Gasteiger charge is -2.30. The van der Waals surface area contributed by atoms with Gasteiger partial charge < -0.3 is 9.67 Å². The number of phenolic OH excluding ortho intramolecular Hbond substituents is 1. The molecule has 1 aromatic heterocycles. The van der Waals surface area contributed by atoms with Crippen LogP contribution in [0.2, 0.25) is 0 Å². The number of nitro groups is 1. The molecule has 5 rings (SSSR count). The van der Waals surface area contributed by atoms with Crippen molar-refractivity contribution in [1.29, 1.82) is 0 Å². The predicted octanol–water partition coefficient (Wildman–Crippen LogP) is 8.21. The predicted molar refractivity (Wildman–Crippen MR) is 163 cm³/mol. The Hall–Kier alpha value is -3.97. The van der Waals surface area contributed by atoms with E-state index in [0.717, 1.165) is 54.1 Å². The van der Waals surface area contributed by atoms with Gasteiger partial charge in [0.25, 0.3) is 0 Å². The zero-order chi connectivity index (χ0) is 28.6. The third-order valence-corrected chi connectivity index (χ3v) is 8.14. The van der Waals surface area contributed by atoms with E-state index in [1.54, 1.807) is 12.1 Å². The van der Waals surface area contributed by atoms with Gasteiger partial charge in [-0.2, -0.15) is 0 Å². The summed E-state index contributed by atoms with van der Waals surface area (Å²) >= 11 is 0. The van der Waals surface area contributed by atoms with Crippen molar-refractivity contribution in [3.8, 4) is 28.4 Å². The molecule has 1 fully saturated rings. The van der Waals surface area contributed by atoms with E-state index in [4.69, 9.17) is 4.98 Å². The van der Waals surface area contributed by atoms with Crippen molar-refractivity contribution >= 4 is 5.69 Å². The lowest BCUT2D eigenvalue weighted by atomic mass is 9.89. The van der Waals surface area contributed by atoms with Crippen LogP contribution in [0.15, 0.2) is 78.9 Å². The fourth-order valence-electron chi connectivity index (χ4n) is 6.05. The Morgan fingerprint density at radius 2 is 1.63 bits per heavy atom. The van der Waals surface area contributed by atoms with E-state index in [-0.39, 0.29) is 11.4 Å². The first-order chi connectivity index (χ1) is 20.0. The minimum atomic E-state index is -0.539. The molecular weight excluding hydrogens is 512 g/mol. The lowest BCUT2D eigenvalue weighted by Crippen LogP contribution is -2.31. The van der Waals surface area contributed by atoms with Gasteiger partial charge >= 0.3 is 5.69 Å². The molecule has 1 aliphatic carbocycles. The molecule has 0 amide bonds. The van der Waals surface area contributed by atoms with E-state index in [1.165, 1.54) is 43.9 Å². The van der Waals surface area contributed by atoms with Crippen molar-refractivity contribution in [2.75, 3.05) is 6.54 Å². The molecule has 1 heterocycles. The highest BCUT2D eigenvalue weighted by Gasteiger charge is 2.25. The van der Waals surface area contributed by atoms with Gasteiger partial charge in [0, 0.05) is 43.4 Å². The van der Waals surface area contributed by atoms with Crippen LogP contribution in [0.4, 0.5) is 5.69 Å². The van der Waals surface area contributed by atoms with Gasteiger partial charge in [-0.1, -0.05) is 99.3 Å². The molecule has 1 aliphatic rings. The summed E-state index contributed by atoms with van der Waals surface area (Å²) in [6, 6.07) is 25.6. The van der Waals surface area contributed by atoms with Crippen LogP contribution >= 0.6 is 0 Å². The Morgan fingerprint density at radius 3 is 2.27 bits per heavy atom. The highest BCUT2D eigenvalue weighted by atomic mass is 16.6. The van der Waals surface area contributed by atoms with Gasteiger partial charge in [0.15, 0.2) is 5.75 Å². The monoisotopic (exact) mass is 552 g/mol. The number of aromatic hydroxyl groups is 1. The summed E-state index contributed by atoms with van der Waals surface area (Å²) in [7, 11) is 0. The summed E-state index contributed by atoms with van der Waals surface area (Å²) in [5.41, 5.74) is 5.00. The Bertz CT molecular complexity index is 1430. The number of nitrogens with zero attached hydrogens (tertiary/aromatic N) is 4. The number of hydrogen-bond acceptors (Lipinski definition) is 5. The minimum absolute atomic E-state index is 0.260. The minimum Gasteiger partial charge on any atom is -0.502 e. The maximum absolute atomic E-state index is 11.3. The van der Waals surface area contributed by atoms with Crippen LogP contribution in [0.25, 0.3) is 22.6 Å². The number of imidazole rings is 1. The van der Waals surface area contributed by atoms with Crippen molar-refractivity contribution in [2.24, 2.45) is 5.92 Å². The van der Waals surface area contributed by atoms with Crippen LogP contribution in [0.3, 0.4) is 0 Å². The van der Waals surface area contributed by atoms with Crippen LogP contribution < -0.4 is 0 Å². The van der Waals surface area contributed by atoms with Crippen LogP contribution in [0, 0.1) is 16.0 Å². The summed E-state index contributed by atoms with van der Waals surface area (Å²) in [5, 5.41) is 21.7. The molecule has 214 valence electrons. The molecule has 0 saturated heterocycles. The molecule has 0 radical (unpaired) electrons. The maximum atomic E-state index is 11.3. The topological polar surface area (TPSA) is 84.4 Å². The Morgan fingerprint density at radius 1 is 0.951 bits per heavy atom.